The molecule has 70 valence electrons. The fourth-order valence-electron chi connectivity index (χ4n) is 3.13. The normalized spacial score (nSPS) is 44.0. The molecule has 12 heavy (non-hydrogen) atoms. The van der Waals surface area contributed by atoms with Gasteiger partial charge in [-0.1, -0.05) is 13.3 Å². The van der Waals surface area contributed by atoms with E-state index in [1.54, 1.807) is 0 Å². The van der Waals surface area contributed by atoms with E-state index in [2.05, 4.69) is 18.7 Å². The fourth-order valence-corrected chi connectivity index (χ4v) is 3.13. The minimum Gasteiger partial charge on any atom is -0.298 e. The Balaban J connectivity index is 2.01. The van der Waals surface area contributed by atoms with Crippen LogP contribution in [-0.2, 0) is 0 Å². The molecule has 1 heteroatoms. The minimum absolute atomic E-state index is 0.860. The topological polar surface area (TPSA) is 3.24 Å². The van der Waals surface area contributed by atoms with Crippen molar-refractivity contribution >= 4 is 0 Å². The molecule has 2 aliphatic heterocycles. The molecular weight excluding hydrogens is 146 g/mol. The molecule has 0 radical (unpaired) electrons. The summed E-state index contributed by atoms with van der Waals surface area (Å²) in [6.07, 6.45) is 7.27. The van der Waals surface area contributed by atoms with Crippen LogP contribution >= 0.6 is 0 Å². The first kappa shape index (κ1) is 8.55. The van der Waals surface area contributed by atoms with Crippen molar-refractivity contribution in [3.05, 3.63) is 0 Å². The lowest BCUT2D eigenvalue weighted by Crippen LogP contribution is -2.49. The highest BCUT2D eigenvalue weighted by molar-refractivity contribution is 4.87. The summed E-state index contributed by atoms with van der Waals surface area (Å²) in [4.78, 5) is 2.75. The number of nitrogens with zero attached hydrogens (tertiary/aromatic N) is 1. The van der Waals surface area contributed by atoms with E-state index in [0.29, 0.717) is 0 Å². The third-order valence-corrected chi connectivity index (χ3v) is 3.66. The molecule has 0 N–H and O–H groups in total. The van der Waals surface area contributed by atoms with Crippen molar-refractivity contribution in [1.29, 1.82) is 0 Å². The molecule has 1 nitrogen and oxygen atoms in total. The molecule has 2 heterocycles. The Labute approximate surface area is 76.1 Å². The van der Waals surface area contributed by atoms with Gasteiger partial charge in [0, 0.05) is 12.1 Å². The van der Waals surface area contributed by atoms with Gasteiger partial charge in [0.2, 0.25) is 0 Å². The molecule has 0 aromatic heterocycles. The van der Waals surface area contributed by atoms with Crippen molar-refractivity contribution in [3.63, 3.8) is 0 Å². The molecule has 2 aliphatic rings. The second-order valence-electron chi connectivity index (χ2n) is 4.81. The molecule has 2 rings (SSSR count). The predicted octanol–water partition coefficient (Wildman–Crippen LogP) is 2.66. The van der Waals surface area contributed by atoms with Crippen LogP contribution in [0.25, 0.3) is 0 Å². The standard InChI is InChI=1S/C11H21N/c1-9-7-10(2)12-6-4-3-5-11(12)8-9/h9-11H,3-8H2,1-2H3/t9-,10+,11-/m0/s1. The molecule has 0 aromatic carbocycles. The van der Waals surface area contributed by atoms with Crippen molar-refractivity contribution in [2.24, 2.45) is 5.92 Å². The summed E-state index contributed by atoms with van der Waals surface area (Å²) in [6, 6.07) is 1.80. The van der Waals surface area contributed by atoms with Crippen molar-refractivity contribution in [1.82, 2.24) is 4.90 Å². The summed E-state index contributed by atoms with van der Waals surface area (Å²) >= 11 is 0. The SMILES string of the molecule is C[C@@H]1C[C@@H]2CCCCN2[C@H](C)C1. The lowest BCUT2D eigenvalue weighted by Gasteiger charge is -2.46. The highest BCUT2D eigenvalue weighted by Crippen LogP contribution is 2.32. The lowest BCUT2D eigenvalue weighted by molar-refractivity contribution is 0.0382. The maximum absolute atomic E-state index is 2.75. The summed E-state index contributed by atoms with van der Waals surface area (Å²) < 4.78 is 0. The maximum Gasteiger partial charge on any atom is 0.0101 e. The Bertz CT molecular complexity index is 155. The maximum atomic E-state index is 2.75. The quantitative estimate of drug-likeness (QED) is 0.536. The van der Waals surface area contributed by atoms with Gasteiger partial charge in [-0.15, -0.1) is 0 Å². The molecule has 0 amide bonds. The van der Waals surface area contributed by atoms with Crippen LogP contribution in [-0.4, -0.2) is 23.5 Å². The molecule has 3 atom stereocenters. The molecule has 0 spiro atoms. The second-order valence-corrected chi connectivity index (χ2v) is 4.81. The van der Waals surface area contributed by atoms with Gasteiger partial charge in [0.05, 0.1) is 0 Å². The highest BCUT2D eigenvalue weighted by atomic mass is 15.2. The largest absolute Gasteiger partial charge is 0.298 e. The summed E-state index contributed by atoms with van der Waals surface area (Å²) in [5.41, 5.74) is 0. The van der Waals surface area contributed by atoms with Crippen LogP contribution in [0.3, 0.4) is 0 Å². The first-order chi connectivity index (χ1) is 5.77. The van der Waals surface area contributed by atoms with Gasteiger partial charge in [0.15, 0.2) is 0 Å². The summed E-state index contributed by atoms with van der Waals surface area (Å²) in [5, 5.41) is 0. The van der Waals surface area contributed by atoms with Crippen LogP contribution in [0.4, 0.5) is 0 Å². The third kappa shape index (κ3) is 1.52. The van der Waals surface area contributed by atoms with Crippen molar-refractivity contribution in [3.8, 4) is 0 Å². The van der Waals surface area contributed by atoms with E-state index in [4.69, 9.17) is 0 Å². The van der Waals surface area contributed by atoms with Crippen molar-refractivity contribution < 1.29 is 0 Å². The zero-order valence-electron chi connectivity index (χ0n) is 8.42. The molecule has 0 bridgehead atoms. The summed E-state index contributed by atoms with van der Waals surface area (Å²) in [6.45, 7) is 6.20. The molecule has 0 aliphatic carbocycles. The van der Waals surface area contributed by atoms with Crippen LogP contribution in [0.5, 0.6) is 0 Å². The van der Waals surface area contributed by atoms with Crippen LogP contribution in [0.2, 0.25) is 0 Å². The monoisotopic (exact) mass is 167 g/mol. The van der Waals surface area contributed by atoms with E-state index in [-0.39, 0.29) is 0 Å². The van der Waals surface area contributed by atoms with Gasteiger partial charge in [-0.05, 0) is 45.1 Å². The van der Waals surface area contributed by atoms with Gasteiger partial charge in [-0.2, -0.15) is 0 Å². The van der Waals surface area contributed by atoms with Crippen molar-refractivity contribution in [2.45, 2.75) is 58.0 Å². The summed E-state index contributed by atoms with van der Waals surface area (Å²) in [7, 11) is 0. The van der Waals surface area contributed by atoms with E-state index < -0.39 is 0 Å². The van der Waals surface area contributed by atoms with E-state index in [0.717, 1.165) is 18.0 Å². The van der Waals surface area contributed by atoms with Gasteiger partial charge in [0.25, 0.3) is 0 Å². The Morgan fingerprint density at radius 1 is 1.08 bits per heavy atom. The van der Waals surface area contributed by atoms with Crippen LogP contribution in [0.1, 0.15) is 46.0 Å². The van der Waals surface area contributed by atoms with Crippen LogP contribution in [0, 0.1) is 5.92 Å². The number of hydrogen-bond donors (Lipinski definition) is 0. The average Bonchev–Trinajstić information content (AvgIpc) is 2.04. The molecular formula is C11H21N. The number of fused-ring (bicyclic) bond motifs is 1. The van der Waals surface area contributed by atoms with E-state index in [1.165, 1.54) is 38.6 Å². The minimum atomic E-state index is 0.860. The lowest BCUT2D eigenvalue weighted by atomic mass is 9.83. The first-order valence-corrected chi connectivity index (χ1v) is 5.53. The van der Waals surface area contributed by atoms with Gasteiger partial charge in [0.1, 0.15) is 0 Å². The zero-order valence-corrected chi connectivity index (χ0v) is 8.42. The molecule has 2 fully saturated rings. The van der Waals surface area contributed by atoms with E-state index >= 15 is 0 Å². The Hall–Kier alpha value is -0.0400. The Kier molecular flexibility index (Phi) is 2.40. The molecule has 0 saturated carbocycles. The van der Waals surface area contributed by atoms with E-state index in [1.807, 2.05) is 0 Å². The summed E-state index contributed by atoms with van der Waals surface area (Å²) in [5.74, 6) is 0.972. The number of piperidine rings is 2. The van der Waals surface area contributed by atoms with E-state index in [9.17, 15) is 0 Å². The second kappa shape index (κ2) is 3.37. The zero-order chi connectivity index (χ0) is 8.55. The van der Waals surface area contributed by atoms with Gasteiger partial charge >= 0.3 is 0 Å². The smallest absolute Gasteiger partial charge is 0.0101 e. The third-order valence-electron chi connectivity index (χ3n) is 3.66. The highest BCUT2D eigenvalue weighted by Gasteiger charge is 2.32. The van der Waals surface area contributed by atoms with Crippen LogP contribution < -0.4 is 0 Å². The number of rotatable bonds is 0. The first-order valence-electron chi connectivity index (χ1n) is 5.53. The molecule has 2 saturated heterocycles. The predicted molar refractivity (Wildman–Crippen MR) is 52.2 cm³/mol. The van der Waals surface area contributed by atoms with Gasteiger partial charge in [-0.3, -0.25) is 4.90 Å². The van der Waals surface area contributed by atoms with Crippen LogP contribution in [0.15, 0.2) is 0 Å². The molecule has 0 aromatic rings. The van der Waals surface area contributed by atoms with Gasteiger partial charge < -0.3 is 0 Å². The van der Waals surface area contributed by atoms with Gasteiger partial charge in [-0.25, -0.2) is 0 Å². The Morgan fingerprint density at radius 2 is 1.92 bits per heavy atom. The molecule has 0 unspecified atom stereocenters. The average molecular weight is 167 g/mol. The Morgan fingerprint density at radius 3 is 2.75 bits per heavy atom. The fraction of sp³-hybridized carbons (Fsp3) is 1.00. The number of hydrogen-bond acceptors (Lipinski definition) is 1. The van der Waals surface area contributed by atoms with Crippen molar-refractivity contribution in [2.75, 3.05) is 6.54 Å².